The first-order valence-electron chi connectivity index (χ1n) is 7.02. The lowest BCUT2D eigenvalue weighted by Gasteiger charge is -2.11. The number of methoxy groups -OCH3 is 1. The Bertz CT molecular complexity index is 760. The summed E-state index contributed by atoms with van der Waals surface area (Å²) in [6.45, 7) is 4.88. The first kappa shape index (κ1) is 17.2. The van der Waals surface area contributed by atoms with Crippen LogP contribution < -0.4 is 10.9 Å². The van der Waals surface area contributed by atoms with Crippen molar-refractivity contribution in [3.63, 3.8) is 0 Å². The number of allylic oxidation sites excluding steroid dienone is 1. The van der Waals surface area contributed by atoms with Crippen molar-refractivity contribution in [1.82, 2.24) is 19.9 Å². The van der Waals surface area contributed by atoms with Crippen molar-refractivity contribution >= 4 is 28.7 Å². The SMILES string of the molecule is C=CCn1c(SCC(=O)NCCOC)nc2ncccc2c1=O. The van der Waals surface area contributed by atoms with Crippen LogP contribution in [0.4, 0.5) is 0 Å². The molecule has 0 aromatic carbocycles. The topological polar surface area (TPSA) is 86.1 Å². The highest BCUT2D eigenvalue weighted by molar-refractivity contribution is 7.99. The molecule has 122 valence electrons. The lowest BCUT2D eigenvalue weighted by Crippen LogP contribution is -2.29. The van der Waals surface area contributed by atoms with E-state index >= 15 is 0 Å². The van der Waals surface area contributed by atoms with Crippen LogP contribution in [-0.4, -0.2) is 46.5 Å². The third-order valence-corrected chi connectivity index (χ3v) is 3.94. The number of thioether (sulfide) groups is 1. The van der Waals surface area contributed by atoms with Crippen LogP contribution in [0.5, 0.6) is 0 Å². The minimum absolute atomic E-state index is 0.146. The average Bonchev–Trinajstić information content (AvgIpc) is 2.56. The second-order valence-electron chi connectivity index (χ2n) is 4.60. The van der Waals surface area contributed by atoms with Gasteiger partial charge in [0.05, 0.1) is 17.7 Å². The molecule has 0 saturated heterocycles. The molecular weight excluding hydrogens is 316 g/mol. The van der Waals surface area contributed by atoms with Crippen LogP contribution in [-0.2, 0) is 16.1 Å². The van der Waals surface area contributed by atoms with E-state index < -0.39 is 0 Å². The van der Waals surface area contributed by atoms with E-state index in [1.54, 1.807) is 31.5 Å². The third-order valence-electron chi connectivity index (χ3n) is 2.97. The van der Waals surface area contributed by atoms with E-state index in [1.165, 1.54) is 16.3 Å². The maximum atomic E-state index is 12.5. The van der Waals surface area contributed by atoms with E-state index in [2.05, 4.69) is 21.9 Å². The van der Waals surface area contributed by atoms with Crippen LogP contribution in [0.15, 0.2) is 40.9 Å². The Kier molecular flexibility index (Phi) is 6.30. The van der Waals surface area contributed by atoms with Crippen molar-refractivity contribution in [2.75, 3.05) is 26.0 Å². The Balaban J connectivity index is 2.21. The van der Waals surface area contributed by atoms with Crippen molar-refractivity contribution in [3.05, 3.63) is 41.3 Å². The highest BCUT2D eigenvalue weighted by Gasteiger charge is 2.12. The number of fused-ring (bicyclic) bond motifs is 1. The fourth-order valence-corrected chi connectivity index (χ4v) is 2.74. The number of hydrogen-bond acceptors (Lipinski definition) is 6. The molecule has 0 saturated carbocycles. The van der Waals surface area contributed by atoms with Gasteiger partial charge >= 0.3 is 0 Å². The van der Waals surface area contributed by atoms with Gasteiger partial charge in [-0.3, -0.25) is 14.2 Å². The van der Waals surface area contributed by atoms with Crippen molar-refractivity contribution in [1.29, 1.82) is 0 Å². The maximum Gasteiger partial charge on any atom is 0.263 e. The van der Waals surface area contributed by atoms with Gasteiger partial charge < -0.3 is 10.1 Å². The van der Waals surface area contributed by atoms with Gasteiger partial charge in [-0.1, -0.05) is 17.8 Å². The van der Waals surface area contributed by atoms with Gasteiger partial charge in [0.15, 0.2) is 10.8 Å². The standard InChI is InChI=1S/C15H18N4O3S/c1-3-8-19-14(21)11-5-4-6-17-13(11)18-15(19)23-10-12(20)16-7-9-22-2/h3-6H,1,7-10H2,2H3,(H,16,20). The van der Waals surface area contributed by atoms with Gasteiger partial charge in [0.2, 0.25) is 5.91 Å². The Morgan fingerprint density at radius 1 is 1.57 bits per heavy atom. The summed E-state index contributed by atoms with van der Waals surface area (Å²) in [5.41, 5.74) is 0.186. The molecule has 1 N–H and O–H groups in total. The normalized spacial score (nSPS) is 10.7. The lowest BCUT2D eigenvalue weighted by molar-refractivity contribution is -0.118. The summed E-state index contributed by atoms with van der Waals surface area (Å²) < 4.78 is 6.36. The number of amides is 1. The molecule has 0 spiro atoms. The molecule has 2 rings (SSSR count). The molecule has 0 radical (unpaired) electrons. The zero-order valence-electron chi connectivity index (χ0n) is 12.8. The molecule has 2 aromatic heterocycles. The molecule has 1 amide bonds. The molecule has 0 fully saturated rings. The van der Waals surface area contributed by atoms with E-state index in [0.717, 1.165) is 0 Å². The summed E-state index contributed by atoms with van der Waals surface area (Å²) in [5.74, 6) is 0.0126. The number of aromatic nitrogens is 3. The third kappa shape index (κ3) is 4.40. The number of nitrogens with one attached hydrogen (secondary N) is 1. The quantitative estimate of drug-likeness (QED) is 0.333. The molecule has 2 aromatic rings. The summed E-state index contributed by atoms with van der Waals surface area (Å²) in [7, 11) is 1.57. The van der Waals surface area contributed by atoms with Crippen molar-refractivity contribution in [3.8, 4) is 0 Å². The molecule has 0 aliphatic heterocycles. The van der Waals surface area contributed by atoms with Crippen LogP contribution in [0.1, 0.15) is 0 Å². The van der Waals surface area contributed by atoms with Crippen LogP contribution in [0, 0.1) is 0 Å². The summed E-state index contributed by atoms with van der Waals surface area (Å²) in [4.78, 5) is 32.8. The van der Waals surface area contributed by atoms with Crippen LogP contribution in [0.2, 0.25) is 0 Å². The predicted octanol–water partition coefficient (Wildman–Crippen LogP) is 0.832. The smallest absolute Gasteiger partial charge is 0.263 e. The number of ether oxygens (including phenoxy) is 1. The molecular formula is C15H18N4O3S. The molecule has 0 aliphatic carbocycles. The lowest BCUT2D eigenvalue weighted by atomic mass is 10.3. The van der Waals surface area contributed by atoms with E-state index in [9.17, 15) is 9.59 Å². The summed E-state index contributed by atoms with van der Waals surface area (Å²) in [6, 6.07) is 3.38. The molecule has 7 nitrogen and oxygen atoms in total. The number of rotatable bonds is 8. The second kappa shape index (κ2) is 8.44. The largest absolute Gasteiger partial charge is 0.383 e. The fourth-order valence-electron chi connectivity index (χ4n) is 1.91. The van der Waals surface area contributed by atoms with E-state index in [0.29, 0.717) is 35.9 Å². The maximum absolute atomic E-state index is 12.5. The molecule has 0 unspecified atom stereocenters. The molecule has 8 heteroatoms. The van der Waals surface area contributed by atoms with Crippen molar-refractivity contribution in [2.24, 2.45) is 0 Å². The predicted molar refractivity (Wildman–Crippen MR) is 89.6 cm³/mol. The number of hydrogen-bond donors (Lipinski definition) is 1. The zero-order valence-corrected chi connectivity index (χ0v) is 13.6. The van der Waals surface area contributed by atoms with Gasteiger partial charge in [0, 0.05) is 26.4 Å². The highest BCUT2D eigenvalue weighted by Crippen LogP contribution is 2.16. The molecule has 0 bridgehead atoms. The summed E-state index contributed by atoms with van der Waals surface area (Å²) in [5, 5.41) is 3.62. The van der Waals surface area contributed by atoms with Gasteiger partial charge in [0.1, 0.15) is 0 Å². The molecule has 23 heavy (non-hydrogen) atoms. The summed E-state index contributed by atoms with van der Waals surface area (Å²) in [6.07, 6.45) is 3.20. The first-order valence-corrected chi connectivity index (χ1v) is 8.00. The highest BCUT2D eigenvalue weighted by atomic mass is 32.2. The second-order valence-corrected chi connectivity index (χ2v) is 5.55. The molecule has 0 aliphatic rings. The Morgan fingerprint density at radius 3 is 3.13 bits per heavy atom. The van der Waals surface area contributed by atoms with E-state index in [1.807, 2.05) is 0 Å². The minimum Gasteiger partial charge on any atom is -0.383 e. The van der Waals surface area contributed by atoms with Crippen LogP contribution >= 0.6 is 11.8 Å². The van der Waals surface area contributed by atoms with Gasteiger partial charge in [-0.05, 0) is 12.1 Å². The van der Waals surface area contributed by atoms with Crippen molar-refractivity contribution in [2.45, 2.75) is 11.7 Å². The number of carbonyl (C=O) groups excluding carboxylic acids is 1. The monoisotopic (exact) mass is 334 g/mol. The average molecular weight is 334 g/mol. The van der Waals surface area contributed by atoms with Crippen LogP contribution in [0.3, 0.4) is 0 Å². The number of nitrogens with zero attached hydrogens (tertiary/aromatic N) is 3. The number of pyridine rings is 1. The van der Waals surface area contributed by atoms with Crippen LogP contribution in [0.25, 0.3) is 11.0 Å². The Hall–Kier alpha value is -2.19. The molecule has 2 heterocycles. The fraction of sp³-hybridized carbons (Fsp3) is 0.333. The Morgan fingerprint density at radius 2 is 2.39 bits per heavy atom. The molecule has 0 atom stereocenters. The first-order chi connectivity index (χ1) is 11.2. The van der Waals surface area contributed by atoms with Gasteiger partial charge in [-0.2, -0.15) is 0 Å². The summed E-state index contributed by atoms with van der Waals surface area (Å²) >= 11 is 1.19. The van der Waals surface area contributed by atoms with Gasteiger partial charge in [0.25, 0.3) is 5.56 Å². The van der Waals surface area contributed by atoms with Gasteiger partial charge in [-0.15, -0.1) is 6.58 Å². The van der Waals surface area contributed by atoms with E-state index in [-0.39, 0.29) is 17.2 Å². The Labute approximate surface area is 137 Å². The van der Waals surface area contributed by atoms with Crippen molar-refractivity contribution < 1.29 is 9.53 Å². The minimum atomic E-state index is -0.190. The van der Waals surface area contributed by atoms with Gasteiger partial charge in [-0.25, -0.2) is 9.97 Å². The zero-order chi connectivity index (χ0) is 16.7. The number of carbonyl (C=O) groups is 1. The van der Waals surface area contributed by atoms with E-state index in [4.69, 9.17) is 4.74 Å².